The fourth-order valence-corrected chi connectivity index (χ4v) is 3.74. The number of benzene rings is 1. The first-order chi connectivity index (χ1) is 10.6. The van der Waals surface area contributed by atoms with Gasteiger partial charge >= 0.3 is 0 Å². The molecule has 1 aromatic carbocycles. The van der Waals surface area contributed by atoms with Crippen molar-refractivity contribution in [3.8, 4) is 0 Å². The molecule has 1 aliphatic rings. The molecule has 1 fully saturated rings. The first-order valence-electron chi connectivity index (χ1n) is 9.10. The SMILES string of the molecule is CCCCCCN1CCC(C)(c2cccc(NC)c2)C(C)C1. The summed E-state index contributed by atoms with van der Waals surface area (Å²) in [5.74, 6) is 0.708. The van der Waals surface area contributed by atoms with Crippen molar-refractivity contribution in [3.05, 3.63) is 29.8 Å². The molecule has 0 bridgehead atoms. The molecule has 0 aliphatic carbocycles. The van der Waals surface area contributed by atoms with Gasteiger partial charge < -0.3 is 10.2 Å². The molecule has 0 aromatic heterocycles. The quantitative estimate of drug-likeness (QED) is 0.720. The standard InChI is InChI=1S/C20H34N2/c1-5-6-7-8-13-22-14-12-20(3,17(2)16-22)18-10-9-11-19(15-18)21-4/h9-11,15,17,21H,5-8,12-14,16H2,1-4H3. The van der Waals surface area contributed by atoms with Crippen LogP contribution in [0.25, 0.3) is 0 Å². The van der Waals surface area contributed by atoms with Gasteiger partial charge in [-0.25, -0.2) is 0 Å². The Morgan fingerprint density at radius 2 is 2.09 bits per heavy atom. The summed E-state index contributed by atoms with van der Waals surface area (Å²) in [6, 6.07) is 9.00. The lowest BCUT2D eigenvalue weighted by Gasteiger charge is -2.45. The molecular weight excluding hydrogens is 268 g/mol. The molecule has 1 aliphatic heterocycles. The molecule has 0 saturated carbocycles. The number of nitrogens with zero attached hydrogens (tertiary/aromatic N) is 1. The molecule has 0 radical (unpaired) electrons. The van der Waals surface area contributed by atoms with Gasteiger partial charge in [0.1, 0.15) is 0 Å². The maximum absolute atomic E-state index is 3.28. The normalized spacial score (nSPS) is 26.1. The predicted molar refractivity (Wildman–Crippen MR) is 97.7 cm³/mol. The summed E-state index contributed by atoms with van der Waals surface area (Å²) >= 11 is 0. The Bertz CT molecular complexity index is 457. The van der Waals surface area contributed by atoms with Gasteiger partial charge in [0, 0.05) is 19.3 Å². The average Bonchev–Trinajstić information content (AvgIpc) is 2.55. The summed E-state index contributed by atoms with van der Waals surface area (Å²) in [7, 11) is 2.00. The minimum Gasteiger partial charge on any atom is -0.388 e. The topological polar surface area (TPSA) is 15.3 Å². The molecule has 2 rings (SSSR count). The molecular formula is C20H34N2. The minimum atomic E-state index is 0.312. The third-order valence-electron chi connectivity index (χ3n) is 5.71. The lowest BCUT2D eigenvalue weighted by molar-refractivity contribution is 0.109. The Hall–Kier alpha value is -1.02. The second-order valence-corrected chi connectivity index (χ2v) is 7.26. The van der Waals surface area contributed by atoms with Gasteiger partial charge in [-0.3, -0.25) is 0 Å². The molecule has 2 nitrogen and oxygen atoms in total. The number of rotatable bonds is 7. The molecule has 0 spiro atoms. The van der Waals surface area contributed by atoms with Gasteiger partial charge in [0.25, 0.3) is 0 Å². The molecule has 1 saturated heterocycles. The molecule has 2 unspecified atom stereocenters. The monoisotopic (exact) mass is 302 g/mol. The van der Waals surface area contributed by atoms with Crippen molar-refractivity contribution in [1.82, 2.24) is 4.90 Å². The van der Waals surface area contributed by atoms with E-state index in [-0.39, 0.29) is 0 Å². The average molecular weight is 303 g/mol. The number of nitrogens with one attached hydrogen (secondary N) is 1. The van der Waals surface area contributed by atoms with Gasteiger partial charge in [0.15, 0.2) is 0 Å². The fraction of sp³-hybridized carbons (Fsp3) is 0.700. The number of piperidine rings is 1. The smallest absolute Gasteiger partial charge is 0.0340 e. The minimum absolute atomic E-state index is 0.312. The highest BCUT2D eigenvalue weighted by molar-refractivity contribution is 5.47. The number of hydrogen-bond acceptors (Lipinski definition) is 2. The van der Waals surface area contributed by atoms with Crippen molar-refractivity contribution in [2.75, 3.05) is 32.0 Å². The van der Waals surface area contributed by atoms with Crippen LogP contribution in [-0.2, 0) is 5.41 Å². The number of anilines is 1. The summed E-state index contributed by atoms with van der Waals surface area (Å²) in [4.78, 5) is 2.68. The van der Waals surface area contributed by atoms with Crippen LogP contribution in [-0.4, -0.2) is 31.6 Å². The van der Waals surface area contributed by atoms with Crippen molar-refractivity contribution >= 4 is 5.69 Å². The first kappa shape index (κ1) is 17.3. The second-order valence-electron chi connectivity index (χ2n) is 7.26. The van der Waals surface area contributed by atoms with Crippen LogP contribution in [0.2, 0.25) is 0 Å². The summed E-state index contributed by atoms with van der Waals surface area (Å²) in [6.07, 6.45) is 6.75. The van der Waals surface area contributed by atoms with Crippen molar-refractivity contribution in [1.29, 1.82) is 0 Å². The molecule has 22 heavy (non-hydrogen) atoms. The largest absolute Gasteiger partial charge is 0.388 e. The maximum atomic E-state index is 3.28. The van der Waals surface area contributed by atoms with Gasteiger partial charge in [0.2, 0.25) is 0 Å². The van der Waals surface area contributed by atoms with E-state index in [0.29, 0.717) is 11.3 Å². The van der Waals surface area contributed by atoms with E-state index < -0.39 is 0 Å². The van der Waals surface area contributed by atoms with Crippen LogP contribution in [0.3, 0.4) is 0 Å². The van der Waals surface area contributed by atoms with Gasteiger partial charge in [0.05, 0.1) is 0 Å². The Labute approximate surface area is 137 Å². The number of hydrogen-bond donors (Lipinski definition) is 1. The Morgan fingerprint density at radius 3 is 2.77 bits per heavy atom. The van der Waals surface area contributed by atoms with Crippen LogP contribution in [0.5, 0.6) is 0 Å². The Morgan fingerprint density at radius 1 is 1.27 bits per heavy atom. The summed E-state index contributed by atoms with van der Waals surface area (Å²) < 4.78 is 0. The van der Waals surface area contributed by atoms with Gasteiger partial charge in [-0.2, -0.15) is 0 Å². The molecule has 124 valence electrons. The zero-order valence-corrected chi connectivity index (χ0v) is 15.0. The molecule has 1 aromatic rings. The van der Waals surface area contributed by atoms with E-state index in [9.17, 15) is 0 Å². The van der Waals surface area contributed by atoms with E-state index in [1.54, 1.807) is 0 Å². The van der Waals surface area contributed by atoms with Crippen molar-refractivity contribution in [3.63, 3.8) is 0 Å². The van der Waals surface area contributed by atoms with Crippen LogP contribution in [0.1, 0.15) is 58.4 Å². The maximum Gasteiger partial charge on any atom is 0.0340 e. The highest BCUT2D eigenvalue weighted by Gasteiger charge is 2.37. The summed E-state index contributed by atoms with van der Waals surface area (Å²) in [5.41, 5.74) is 3.04. The second kappa shape index (κ2) is 8.01. The zero-order valence-electron chi connectivity index (χ0n) is 15.0. The van der Waals surface area contributed by atoms with E-state index >= 15 is 0 Å². The number of unbranched alkanes of at least 4 members (excludes halogenated alkanes) is 3. The van der Waals surface area contributed by atoms with Crippen molar-refractivity contribution < 1.29 is 0 Å². The summed E-state index contributed by atoms with van der Waals surface area (Å²) in [6.45, 7) is 11.0. The molecule has 2 heteroatoms. The van der Waals surface area contributed by atoms with Gasteiger partial charge in [-0.1, -0.05) is 52.2 Å². The first-order valence-corrected chi connectivity index (χ1v) is 9.10. The van der Waals surface area contributed by atoms with Crippen molar-refractivity contribution in [2.45, 2.75) is 58.3 Å². The summed E-state index contributed by atoms with van der Waals surface area (Å²) in [5, 5.41) is 3.28. The fourth-order valence-electron chi connectivity index (χ4n) is 3.74. The van der Waals surface area contributed by atoms with E-state index in [4.69, 9.17) is 0 Å². The molecule has 1 N–H and O–H groups in total. The van der Waals surface area contributed by atoms with Crippen LogP contribution < -0.4 is 5.32 Å². The predicted octanol–water partition coefficient (Wildman–Crippen LogP) is 4.91. The van der Waals surface area contributed by atoms with E-state index in [0.717, 1.165) is 0 Å². The Kier molecular flexibility index (Phi) is 6.31. The zero-order chi connectivity index (χ0) is 16.0. The van der Waals surface area contributed by atoms with Gasteiger partial charge in [-0.15, -0.1) is 0 Å². The van der Waals surface area contributed by atoms with Crippen LogP contribution >= 0.6 is 0 Å². The van der Waals surface area contributed by atoms with Crippen LogP contribution in [0.15, 0.2) is 24.3 Å². The number of likely N-dealkylation sites (tertiary alicyclic amines) is 1. The van der Waals surface area contributed by atoms with Crippen molar-refractivity contribution in [2.24, 2.45) is 5.92 Å². The van der Waals surface area contributed by atoms with E-state index in [1.165, 1.54) is 63.0 Å². The lowest BCUT2D eigenvalue weighted by atomic mass is 9.68. The third-order valence-corrected chi connectivity index (χ3v) is 5.71. The van der Waals surface area contributed by atoms with E-state index in [2.05, 4.69) is 55.3 Å². The highest BCUT2D eigenvalue weighted by atomic mass is 15.1. The molecule has 1 heterocycles. The highest BCUT2D eigenvalue weighted by Crippen LogP contribution is 2.40. The molecule has 0 amide bonds. The van der Waals surface area contributed by atoms with Gasteiger partial charge in [-0.05, 0) is 55.0 Å². The Balaban J connectivity index is 1.96. The van der Waals surface area contributed by atoms with Crippen LogP contribution in [0.4, 0.5) is 5.69 Å². The third kappa shape index (κ3) is 4.04. The lowest BCUT2D eigenvalue weighted by Crippen LogP contribution is -2.47. The van der Waals surface area contributed by atoms with Crippen LogP contribution in [0, 0.1) is 5.92 Å². The molecule has 2 atom stereocenters. The van der Waals surface area contributed by atoms with E-state index in [1.807, 2.05) is 7.05 Å².